The number of rotatable bonds is 5. The molecule has 0 atom stereocenters. The summed E-state index contributed by atoms with van der Waals surface area (Å²) in [7, 11) is 0. The molecule has 0 fully saturated rings. The van der Waals surface area contributed by atoms with Gasteiger partial charge in [-0.25, -0.2) is 9.63 Å². The molecule has 2 aromatic carbocycles. The lowest BCUT2D eigenvalue weighted by Crippen LogP contribution is -2.16. The highest BCUT2D eigenvalue weighted by atomic mass is 17.0. The Morgan fingerprint density at radius 1 is 1.00 bits per heavy atom. The van der Waals surface area contributed by atoms with Crippen molar-refractivity contribution in [2.75, 3.05) is 0 Å². The van der Waals surface area contributed by atoms with Crippen molar-refractivity contribution in [2.24, 2.45) is 5.73 Å². The maximum atomic E-state index is 11.4. The minimum atomic E-state index is -1.16. The lowest BCUT2D eigenvalue weighted by atomic mass is 10.0. The second-order valence-electron chi connectivity index (χ2n) is 4.62. The molecule has 2 aromatic rings. The third-order valence-corrected chi connectivity index (χ3v) is 2.94. The van der Waals surface area contributed by atoms with Gasteiger partial charge in [0.15, 0.2) is 0 Å². The molecule has 0 saturated carbocycles. The fraction of sp³-hybridized carbons (Fsp3) is 0. The second kappa shape index (κ2) is 7.05. The van der Waals surface area contributed by atoms with E-state index in [9.17, 15) is 19.7 Å². The molecule has 0 heterocycles. The van der Waals surface area contributed by atoms with Gasteiger partial charge in [0, 0.05) is 5.56 Å². The van der Waals surface area contributed by atoms with Crippen LogP contribution in [0.5, 0.6) is 5.75 Å². The van der Waals surface area contributed by atoms with E-state index in [-0.39, 0.29) is 11.3 Å². The molecular formula is C16H12N2O6. The summed E-state index contributed by atoms with van der Waals surface area (Å²) < 4.78 is 4.97. The first-order chi connectivity index (χ1) is 11.4. The molecule has 0 aliphatic heterocycles. The van der Waals surface area contributed by atoms with E-state index < -0.39 is 17.0 Å². The Balaban J connectivity index is 2.12. The summed E-state index contributed by atoms with van der Waals surface area (Å²) in [6, 6.07) is 12.6. The van der Waals surface area contributed by atoms with Crippen molar-refractivity contribution < 1.29 is 24.3 Å². The van der Waals surface area contributed by atoms with Crippen molar-refractivity contribution in [2.45, 2.75) is 0 Å². The topological polar surface area (TPSA) is 122 Å². The minimum Gasteiger partial charge on any atom is -0.422 e. The maximum absolute atomic E-state index is 11.4. The van der Waals surface area contributed by atoms with Crippen LogP contribution >= 0.6 is 0 Å². The number of benzene rings is 2. The van der Waals surface area contributed by atoms with Crippen molar-refractivity contribution in [1.82, 2.24) is 0 Å². The van der Waals surface area contributed by atoms with Gasteiger partial charge in [-0.05, 0) is 35.4 Å². The fourth-order valence-electron chi connectivity index (χ4n) is 1.81. The van der Waals surface area contributed by atoms with Crippen LogP contribution in [0, 0.1) is 10.1 Å². The van der Waals surface area contributed by atoms with Crippen LogP contribution in [-0.4, -0.2) is 17.0 Å². The molecule has 0 aromatic heterocycles. The van der Waals surface area contributed by atoms with Crippen LogP contribution in [-0.2, 0) is 9.63 Å². The zero-order chi connectivity index (χ0) is 17.7. The summed E-state index contributed by atoms with van der Waals surface area (Å²) in [4.78, 5) is 36.7. The highest BCUT2D eigenvalue weighted by molar-refractivity contribution is 5.90. The summed E-state index contributed by atoms with van der Waals surface area (Å²) in [5, 5.41) is 8.97. The number of nitrogens with two attached hydrogens (primary N) is 1. The molecule has 0 amide bonds. The van der Waals surface area contributed by atoms with Crippen molar-refractivity contribution in [3.05, 3.63) is 76.5 Å². The van der Waals surface area contributed by atoms with E-state index in [4.69, 9.17) is 10.5 Å². The zero-order valence-corrected chi connectivity index (χ0v) is 12.3. The van der Waals surface area contributed by atoms with Crippen LogP contribution in [0.1, 0.15) is 10.4 Å². The summed E-state index contributed by atoms with van der Waals surface area (Å²) in [6.07, 6.45) is 0. The van der Waals surface area contributed by atoms with Gasteiger partial charge in [-0.15, -0.1) is 10.1 Å². The average molecular weight is 328 g/mol. The number of esters is 1. The van der Waals surface area contributed by atoms with Gasteiger partial charge in [0.25, 0.3) is 0 Å². The van der Waals surface area contributed by atoms with Crippen LogP contribution in [0.4, 0.5) is 0 Å². The highest BCUT2D eigenvalue weighted by Gasteiger charge is 2.11. The molecule has 0 saturated heterocycles. The highest BCUT2D eigenvalue weighted by Crippen LogP contribution is 2.23. The molecule has 8 nitrogen and oxygen atoms in total. The standard InChI is InChI=1S/C16H12N2O6/c1-10(17)15(19)23-14-8-6-12(7-9-14)11-2-4-13(5-3-11)16(20)24-18(21)22/h2-9H,1,17H2. The predicted octanol–water partition coefficient (Wildman–Crippen LogP) is 2.08. The number of nitrogens with zero attached hydrogens (tertiary/aromatic N) is 1. The third kappa shape index (κ3) is 4.17. The molecule has 122 valence electrons. The lowest BCUT2D eigenvalue weighted by Gasteiger charge is -2.06. The van der Waals surface area contributed by atoms with Crippen LogP contribution in [0.25, 0.3) is 11.1 Å². The monoisotopic (exact) mass is 328 g/mol. The largest absolute Gasteiger partial charge is 0.422 e. The number of hydrogen-bond acceptors (Lipinski definition) is 7. The van der Waals surface area contributed by atoms with Crippen LogP contribution in [0.3, 0.4) is 0 Å². The molecule has 0 spiro atoms. The van der Waals surface area contributed by atoms with Gasteiger partial charge in [0.1, 0.15) is 11.4 Å². The predicted molar refractivity (Wildman–Crippen MR) is 83.3 cm³/mol. The SMILES string of the molecule is C=C(N)C(=O)Oc1ccc(-c2ccc(C(=O)O[N+](=O)[O-])cc2)cc1. The smallest absolute Gasteiger partial charge is 0.358 e. The van der Waals surface area contributed by atoms with Gasteiger partial charge < -0.3 is 10.5 Å². The Kier molecular flexibility index (Phi) is 4.90. The van der Waals surface area contributed by atoms with Crippen molar-refractivity contribution in [3.63, 3.8) is 0 Å². The number of carbonyl (C=O) groups excluding carboxylic acids is 2. The van der Waals surface area contributed by atoms with Crippen LogP contribution < -0.4 is 10.5 Å². The Bertz CT molecular complexity index is 796. The Morgan fingerprint density at radius 3 is 1.96 bits per heavy atom. The van der Waals surface area contributed by atoms with Crippen molar-refractivity contribution >= 4 is 11.9 Å². The third-order valence-electron chi connectivity index (χ3n) is 2.94. The summed E-state index contributed by atoms with van der Waals surface area (Å²) in [6.45, 7) is 3.28. The summed E-state index contributed by atoms with van der Waals surface area (Å²) >= 11 is 0. The van der Waals surface area contributed by atoms with Gasteiger partial charge in [0.2, 0.25) is 0 Å². The molecule has 0 radical (unpaired) electrons. The number of ether oxygens (including phenoxy) is 1. The number of hydrogen-bond donors (Lipinski definition) is 1. The first-order valence-corrected chi connectivity index (χ1v) is 6.60. The quantitative estimate of drug-likeness (QED) is 0.293. The van der Waals surface area contributed by atoms with Gasteiger partial charge in [-0.1, -0.05) is 30.8 Å². The minimum absolute atomic E-state index is 0.0578. The molecule has 24 heavy (non-hydrogen) atoms. The van der Waals surface area contributed by atoms with Crippen molar-refractivity contribution in [3.8, 4) is 16.9 Å². The maximum Gasteiger partial charge on any atom is 0.358 e. The van der Waals surface area contributed by atoms with Crippen molar-refractivity contribution in [1.29, 1.82) is 0 Å². The zero-order valence-electron chi connectivity index (χ0n) is 12.3. The molecule has 0 aliphatic carbocycles. The lowest BCUT2D eigenvalue weighted by molar-refractivity contribution is -0.727. The normalized spacial score (nSPS) is 9.83. The summed E-state index contributed by atoms with van der Waals surface area (Å²) in [5.41, 5.74) is 6.63. The first kappa shape index (κ1) is 16.7. The van der Waals surface area contributed by atoms with Crippen LogP contribution in [0.2, 0.25) is 0 Å². The van der Waals surface area contributed by atoms with Gasteiger partial charge >= 0.3 is 17.0 Å². The average Bonchev–Trinajstić information content (AvgIpc) is 2.55. The van der Waals surface area contributed by atoms with E-state index in [1.165, 1.54) is 12.1 Å². The molecular weight excluding hydrogens is 316 g/mol. The van der Waals surface area contributed by atoms with E-state index in [0.717, 1.165) is 11.1 Å². The Labute approximate surface area is 136 Å². The van der Waals surface area contributed by atoms with E-state index in [1.807, 2.05) is 0 Å². The molecule has 8 heteroatoms. The molecule has 0 bridgehead atoms. The van der Waals surface area contributed by atoms with E-state index in [0.29, 0.717) is 5.75 Å². The molecule has 0 aliphatic rings. The summed E-state index contributed by atoms with van der Waals surface area (Å²) in [5.74, 6) is -1.46. The van der Waals surface area contributed by atoms with E-state index in [2.05, 4.69) is 11.4 Å². The fourth-order valence-corrected chi connectivity index (χ4v) is 1.81. The molecule has 2 rings (SSSR count). The van der Waals surface area contributed by atoms with E-state index in [1.54, 1.807) is 36.4 Å². The first-order valence-electron chi connectivity index (χ1n) is 6.60. The van der Waals surface area contributed by atoms with Gasteiger partial charge in [-0.2, -0.15) is 0 Å². The van der Waals surface area contributed by atoms with E-state index >= 15 is 0 Å². The Morgan fingerprint density at radius 2 is 1.50 bits per heavy atom. The van der Waals surface area contributed by atoms with Gasteiger partial charge in [0.05, 0.1) is 0 Å². The molecule has 0 unspecified atom stereocenters. The second-order valence-corrected chi connectivity index (χ2v) is 4.62. The molecule has 2 N–H and O–H groups in total. The number of carbonyl (C=O) groups is 2. The van der Waals surface area contributed by atoms with Gasteiger partial charge in [-0.3, -0.25) is 4.79 Å². The Hall–Kier alpha value is -3.68. The van der Waals surface area contributed by atoms with Crippen LogP contribution in [0.15, 0.2) is 60.8 Å².